The molecule has 0 saturated carbocycles. The zero-order valence-corrected chi connectivity index (χ0v) is 11.8. The van der Waals surface area contributed by atoms with Gasteiger partial charge in [-0.05, 0) is 6.42 Å². The van der Waals surface area contributed by atoms with Crippen molar-refractivity contribution in [2.45, 2.75) is 26.2 Å². The standard InChI is InChI=1S/C13H27N3O2/c1-3-4-5-6-14-13(17)16-9-7-15(8-10-16)11-12-18-2/h3-12H2,1-2H3,(H,14,17). The third-order valence-electron chi connectivity index (χ3n) is 3.33. The highest BCUT2D eigenvalue weighted by molar-refractivity contribution is 5.74. The van der Waals surface area contributed by atoms with Gasteiger partial charge in [0, 0.05) is 46.4 Å². The Bertz CT molecular complexity index is 228. The molecule has 0 aliphatic carbocycles. The second-order valence-electron chi connectivity index (χ2n) is 4.76. The Kier molecular flexibility index (Phi) is 7.76. The number of nitrogens with zero attached hydrogens (tertiary/aromatic N) is 2. The Morgan fingerprint density at radius 1 is 1.22 bits per heavy atom. The normalized spacial score (nSPS) is 16.9. The molecule has 0 aromatic heterocycles. The fraction of sp³-hybridized carbons (Fsp3) is 0.923. The van der Waals surface area contributed by atoms with Crippen molar-refractivity contribution >= 4 is 6.03 Å². The number of amides is 2. The second-order valence-corrected chi connectivity index (χ2v) is 4.76. The number of methoxy groups -OCH3 is 1. The second kappa shape index (κ2) is 9.16. The monoisotopic (exact) mass is 257 g/mol. The van der Waals surface area contributed by atoms with E-state index in [1.807, 2.05) is 4.90 Å². The molecule has 106 valence electrons. The van der Waals surface area contributed by atoms with E-state index in [9.17, 15) is 4.79 Å². The average Bonchev–Trinajstić information content (AvgIpc) is 2.41. The Labute approximate surface area is 110 Å². The van der Waals surface area contributed by atoms with Crippen molar-refractivity contribution in [2.24, 2.45) is 0 Å². The summed E-state index contributed by atoms with van der Waals surface area (Å²) in [5, 5.41) is 2.99. The first kappa shape index (κ1) is 15.2. The number of hydrogen-bond donors (Lipinski definition) is 1. The van der Waals surface area contributed by atoms with Crippen molar-refractivity contribution in [3.63, 3.8) is 0 Å². The number of urea groups is 1. The first-order chi connectivity index (χ1) is 8.77. The Hall–Kier alpha value is -0.810. The van der Waals surface area contributed by atoms with Crippen molar-refractivity contribution in [3.8, 4) is 0 Å². The number of rotatable bonds is 7. The third-order valence-corrected chi connectivity index (χ3v) is 3.33. The number of hydrogen-bond acceptors (Lipinski definition) is 3. The van der Waals surface area contributed by atoms with Gasteiger partial charge in [-0.1, -0.05) is 19.8 Å². The molecular weight excluding hydrogens is 230 g/mol. The Balaban J connectivity index is 2.11. The van der Waals surface area contributed by atoms with E-state index in [-0.39, 0.29) is 6.03 Å². The van der Waals surface area contributed by atoms with E-state index in [1.54, 1.807) is 7.11 Å². The molecule has 0 radical (unpaired) electrons. The van der Waals surface area contributed by atoms with Crippen molar-refractivity contribution in [1.82, 2.24) is 15.1 Å². The number of nitrogens with one attached hydrogen (secondary N) is 1. The summed E-state index contributed by atoms with van der Waals surface area (Å²) in [7, 11) is 1.72. The molecule has 1 N–H and O–H groups in total. The molecular formula is C13H27N3O2. The lowest BCUT2D eigenvalue weighted by atomic mass is 10.2. The van der Waals surface area contributed by atoms with Gasteiger partial charge in [0.1, 0.15) is 0 Å². The maximum atomic E-state index is 11.9. The minimum absolute atomic E-state index is 0.0949. The van der Waals surface area contributed by atoms with Crippen LogP contribution in [-0.2, 0) is 4.74 Å². The predicted molar refractivity (Wildman–Crippen MR) is 72.8 cm³/mol. The lowest BCUT2D eigenvalue weighted by Crippen LogP contribution is -2.52. The SMILES string of the molecule is CCCCCNC(=O)N1CCN(CCOC)CC1. The summed E-state index contributed by atoms with van der Waals surface area (Å²) in [5.74, 6) is 0. The van der Waals surface area contributed by atoms with Gasteiger partial charge in [0.25, 0.3) is 0 Å². The van der Waals surface area contributed by atoms with Crippen molar-refractivity contribution in [1.29, 1.82) is 0 Å². The Morgan fingerprint density at radius 2 is 1.94 bits per heavy atom. The minimum Gasteiger partial charge on any atom is -0.383 e. The lowest BCUT2D eigenvalue weighted by molar-refractivity contribution is 0.106. The van der Waals surface area contributed by atoms with E-state index >= 15 is 0 Å². The molecule has 0 bridgehead atoms. The summed E-state index contributed by atoms with van der Waals surface area (Å²) in [6.45, 7) is 8.24. The summed E-state index contributed by atoms with van der Waals surface area (Å²) in [4.78, 5) is 16.1. The maximum absolute atomic E-state index is 11.9. The van der Waals surface area contributed by atoms with Crippen LogP contribution in [0.3, 0.4) is 0 Å². The van der Waals surface area contributed by atoms with Gasteiger partial charge < -0.3 is 15.0 Å². The number of ether oxygens (including phenoxy) is 1. The van der Waals surface area contributed by atoms with Crippen molar-refractivity contribution in [3.05, 3.63) is 0 Å². The highest BCUT2D eigenvalue weighted by atomic mass is 16.5. The highest BCUT2D eigenvalue weighted by Crippen LogP contribution is 2.02. The van der Waals surface area contributed by atoms with Crippen LogP contribution in [0.1, 0.15) is 26.2 Å². The van der Waals surface area contributed by atoms with Crippen LogP contribution in [0.15, 0.2) is 0 Å². The van der Waals surface area contributed by atoms with Crippen LogP contribution >= 0.6 is 0 Å². The summed E-state index contributed by atoms with van der Waals surface area (Å²) in [6.07, 6.45) is 3.45. The van der Waals surface area contributed by atoms with Gasteiger partial charge >= 0.3 is 6.03 Å². The molecule has 0 aromatic rings. The molecule has 5 heteroatoms. The highest BCUT2D eigenvalue weighted by Gasteiger charge is 2.20. The molecule has 1 aliphatic heterocycles. The molecule has 1 saturated heterocycles. The first-order valence-corrected chi connectivity index (χ1v) is 7.02. The van der Waals surface area contributed by atoms with Crippen LogP contribution in [0, 0.1) is 0 Å². The molecule has 1 fully saturated rings. The average molecular weight is 257 g/mol. The number of piperazine rings is 1. The summed E-state index contributed by atoms with van der Waals surface area (Å²) < 4.78 is 5.06. The quantitative estimate of drug-likeness (QED) is 0.696. The molecule has 18 heavy (non-hydrogen) atoms. The smallest absolute Gasteiger partial charge is 0.317 e. The zero-order valence-electron chi connectivity index (χ0n) is 11.8. The van der Waals surface area contributed by atoms with E-state index in [4.69, 9.17) is 4.74 Å². The van der Waals surface area contributed by atoms with Crippen LogP contribution in [0.4, 0.5) is 4.79 Å². The maximum Gasteiger partial charge on any atom is 0.317 e. The van der Waals surface area contributed by atoms with Crippen LogP contribution < -0.4 is 5.32 Å². The van der Waals surface area contributed by atoms with Crippen molar-refractivity contribution in [2.75, 3.05) is 53.0 Å². The largest absolute Gasteiger partial charge is 0.383 e. The molecule has 0 spiro atoms. The zero-order chi connectivity index (χ0) is 13.2. The minimum atomic E-state index is 0.0949. The van der Waals surface area contributed by atoms with Gasteiger partial charge in [-0.3, -0.25) is 4.90 Å². The van der Waals surface area contributed by atoms with E-state index in [2.05, 4.69) is 17.1 Å². The lowest BCUT2D eigenvalue weighted by Gasteiger charge is -2.34. The molecule has 2 amide bonds. The first-order valence-electron chi connectivity index (χ1n) is 7.02. The fourth-order valence-electron chi connectivity index (χ4n) is 2.08. The molecule has 0 unspecified atom stereocenters. The van der Waals surface area contributed by atoms with Gasteiger partial charge in [-0.25, -0.2) is 4.79 Å². The van der Waals surface area contributed by atoms with Gasteiger partial charge in [-0.15, -0.1) is 0 Å². The number of carbonyl (C=O) groups excluding carboxylic acids is 1. The molecule has 0 atom stereocenters. The van der Waals surface area contributed by atoms with Gasteiger partial charge in [0.15, 0.2) is 0 Å². The van der Waals surface area contributed by atoms with Crippen LogP contribution in [0.2, 0.25) is 0 Å². The van der Waals surface area contributed by atoms with Crippen LogP contribution in [0.5, 0.6) is 0 Å². The molecule has 1 heterocycles. The van der Waals surface area contributed by atoms with E-state index in [0.717, 1.165) is 52.3 Å². The molecule has 0 aromatic carbocycles. The predicted octanol–water partition coefficient (Wildman–Crippen LogP) is 1.15. The van der Waals surface area contributed by atoms with Gasteiger partial charge in [0.05, 0.1) is 6.61 Å². The number of unbranched alkanes of at least 4 members (excludes halogenated alkanes) is 2. The Morgan fingerprint density at radius 3 is 2.56 bits per heavy atom. The third kappa shape index (κ3) is 5.69. The fourth-order valence-corrected chi connectivity index (χ4v) is 2.08. The molecule has 1 aliphatic rings. The summed E-state index contributed by atoms with van der Waals surface area (Å²) >= 11 is 0. The van der Waals surface area contributed by atoms with E-state index < -0.39 is 0 Å². The van der Waals surface area contributed by atoms with Gasteiger partial charge in [0.2, 0.25) is 0 Å². The van der Waals surface area contributed by atoms with E-state index in [1.165, 1.54) is 12.8 Å². The topological polar surface area (TPSA) is 44.8 Å². The van der Waals surface area contributed by atoms with Crippen LogP contribution in [0.25, 0.3) is 0 Å². The summed E-state index contributed by atoms with van der Waals surface area (Å²) in [5.41, 5.74) is 0. The number of carbonyl (C=O) groups is 1. The van der Waals surface area contributed by atoms with Gasteiger partial charge in [-0.2, -0.15) is 0 Å². The molecule has 1 rings (SSSR count). The van der Waals surface area contributed by atoms with Crippen LogP contribution in [-0.4, -0.2) is 68.8 Å². The van der Waals surface area contributed by atoms with Crippen molar-refractivity contribution < 1.29 is 9.53 Å². The molecule has 5 nitrogen and oxygen atoms in total. The summed E-state index contributed by atoms with van der Waals surface area (Å²) in [6, 6.07) is 0.0949. The van der Waals surface area contributed by atoms with E-state index in [0.29, 0.717) is 0 Å².